The molecule has 0 aliphatic rings. The molecule has 1 heterocycles. The molecule has 0 fully saturated rings. The normalized spacial score (nSPS) is 10.9. The summed E-state index contributed by atoms with van der Waals surface area (Å²) in [5, 5.41) is 1.63. The fourth-order valence-corrected chi connectivity index (χ4v) is 2.70. The first-order valence-electron chi connectivity index (χ1n) is 6.05. The molecule has 20 heavy (non-hydrogen) atoms. The molecule has 100 valence electrons. The summed E-state index contributed by atoms with van der Waals surface area (Å²) < 4.78 is 5.58. The summed E-state index contributed by atoms with van der Waals surface area (Å²) in [7, 11) is 0. The minimum absolute atomic E-state index is 0.161. The van der Waals surface area contributed by atoms with Crippen molar-refractivity contribution < 1.29 is 9.21 Å². The molecule has 3 aromatic rings. The molecular weight excluding hydrogens is 295 g/mol. The van der Waals surface area contributed by atoms with E-state index in [2.05, 4.69) is 0 Å². The second-order valence-electron chi connectivity index (χ2n) is 4.56. The van der Waals surface area contributed by atoms with Gasteiger partial charge in [0, 0.05) is 16.0 Å². The molecule has 0 spiro atoms. The van der Waals surface area contributed by atoms with Crippen molar-refractivity contribution >= 4 is 40.0 Å². The van der Waals surface area contributed by atoms with Gasteiger partial charge in [-0.25, -0.2) is 0 Å². The standard InChI is InChI=1S/C16H10Cl2O2/c1-9-4-2-3-5-12(9)15(19)14-7-10-6-11(17)8-13(18)16(10)20-14/h2-8H,1H3. The van der Waals surface area contributed by atoms with Gasteiger partial charge in [0.05, 0.1) is 5.02 Å². The van der Waals surface area contributed by atoms with Crippen LogP contribution in [0.25, 0.3) is 11.0 Å². The maximum absolute atomic E-state index is 12.5. The van der Waals surface area contributed by atoms with E-state index in [0.717, 1.165) is 10.9 Å². The summed E-state index contributed by atoms with van der Waals surface area (Å²) >= 11 is 12.0. The lowest BCUT2D eigenvalue weighted by Gasteiger charge is -2.01. The maximum atomic E-state index is 12.5. The van der Waals surface area contributed by atoms with Crippen LogP contribution in [-0.2, 0) is 0 Å². The van der Waals surface area contributed by atoms with Gasteiger partial charge in [-0.05, 0) is 30.7 Å². The lowest BCUT2D eigenvalue weighted by atomic mass is 10.0. The summed E-state index contributed by atoms with van der Waals surface area (Å²) in [6.07, 6.45) is 0. The van der Waals surface area contributed by atoms with Crippen LogP contribution in [0.1, 0.15) is 21.7 Å². The Balaban J connectivity index is 2.14. The fourth-order valence-electron chi connectivity index (χ4n) is 2.15. The van der Waals surface area contributed by atoms with Gasteiger partial charge in [0.2, 0.25) is 5.78 Å². The van der Waals surface area contributed by atoms with E-state index in [9.17, 15) is 4.79 Å². The van der Waals surface area contributed by atoms with Gasteiger partial charge in [0.25, 0.3) is 0 Å². The van der Waals surface area contributed by atoms with Crippen LogP contribution in [0.2, 0.25) is 10.0 Å². The van der Waals surface area contributed by atoms with Gasteiger partial charge in [-0.1, -0.05) is 47.5 Å². The van der Waals surface area contributed by atoms with Crippen LogP contribution in [0.5, 0.6) is 0 Å². The van der Waals surface area contributed by atoms with Crippen LogP contribution in [0.15, 0.2) is 46.9 Å². The van der Waals surface area contributed by atoms with Crippen LogP contribution in [0.4, 0.5) is 0 Å². The lowest BCUT2D eigenvalue weighted by molar-refractivity contribution is 0.101. The molecule has 0 unspecified atom stereocenters. The van der Waals surface area contributed by atoms with E-state index in [0.29, 0.717) is 21.2 Å². The fraction of sp³-hybridized carbons (Fsp3) is 0.0625. The Morgan fingerprint density at radius 1 is 1.10 bits per heavy atom. The maximum Gasteiger partial charge on any atom is 0.228 e. The second kappa shape index (κ2) is 4.97. The zero-order chi connectivity index (χ0) is 14.3. The molecule has 4 heteroatoms. The van der Waals surface area contributed by atoms with Crippen molar-refractivity contribution in [2.45, 2.75) is 6.92 Å². The molecule has 0 saturated heterocycles. The predicted octanol–water partition coefficient (Wildman–Crippen LogP) is 5.28. The molecule has 0 aliphatic heterocycles. The van der Waals surface area contributed by atoms with E-state index < -0.39 is 0 Å². The number of carbonyl (C=O) groups excluding carboxylic acids is 1. The minimum Gasteiger partial charge on any atom is -0.451 e. The van der Waals surface area contributed by atoms with Gasteiger partial charge in [0.1, 0.15) is 0 Å². The van der Waals surface area contributed by atoms with Gasteiger partial charge in [0.15, 0.2) is 11.3 Å². The third kappa shape index (κ3) is 2.21. The van der Waals surface area contributed by atoms with E-state index in [4.69, 9.17) is 27.6 Å². The highest BCUT2D eigenvalue weighted by Gasteiger charge is 2.17. The topological polar surface area (TPSA) is 30.2 Å². The first kappa shape index (κ1) is 13.2. The van der Waals surface area contributed by atoms with Gasteiger partial charge in [-0.3, -0.25) is 4.79 Å². The molecule has 2 nitrogen and oxygen atoms in total. The molecule has 0 radical (unpaired) electrons. The van der Waals surface area contributed by atoms with Crippen molar-refractivity contribution in [1.29, 1.82) is 0 Å². The third-order valence-electron chi connectivity index (χ3n) is 3.15. The zero-order valence-corrected chi connectivity index (χ0v) is 12.1. The highest BCUT2D eigenvalue weighted by atomic mass is 35.5. The Morgan fingerprint density at radius 3 is 2.60 bits per heavy atom. The first-order valence-corrected chi connectivity index (χ1v) is 6.81. The van der Waals surface area contributed by atoms with E-state index in [1.165, 1.54) is 0 Å². The molecule has 0 bridgehead atoms. The van der Waals surface area contributed by atoms with Crippen molar-refractivity contribution in [3.05, 3.63) is 69.4 Å². The van der Waals surface area contributed by atoms with Gasteiger partial charge < -0.3 is 4.42 Å². The molecule has 0 N–H and O–H groups in total. The number of carbonyl (C=O) groups is 1. The Hall–Kier alpha value is -1.77. The highest BCUT2D eigenvalue weighted by molar-refractivity contribution is 6.38. The SMILES string of the molecule is Cc1ccccc1C(=O)c1cc2cc(Cl)cc(Cl)c2o1. The highest BCUT2D eigenvalue weighted by Crippen LogP contribution is 2.31. The summed E-state index contributed by atoms with van der Waals surface area (Å²) in [6.45, 7) is 1.89. The molecule has 1 aromatic heterocycles. The summed E-state index contributed by atoms with van der Waals surface area (Å²) in [5.41, 5.74) is 2.00. The molecule has 0 aliphatic carbocycles. The van der Waals surface area contributed by atoms with Crippen molar-refractivity contribution in [3.63, 3.8) is 0 Å². The molecule has 3 rings (SSSR count). The quantitative estimate of drug-likeness (QED) is 0.603. The van der Waals surface area contributed by atoms with Crippen molar-refractivity contribution in [3.8, 4) is 0 Å². The Kier molecular flexibility index (Phi) is 3.28. The summed E-state index contributed by atoms with van der Waals surface area (Å²) in [4.78, 5) is 12.5. The lowest BCUT2D eigenvalue weighted by Crippen LogP contribution is -2.01. The van der Waals surface area contributed by atoms with Crippen LogP contribution >= 0.6 is 23.2 Å². The van der Waals surface area contributed by atoms with E-state index >= 15 is 0 Å². The Bertz CT molecular complexity index is 818. The number of aryl methyl sites for hydroxylation is 1. The number of ketones is 1. The molecule has 0 amide bonds. The van der Waals surface area contributed by atoms with Crippen molar-refractivity contribution in [1.82, 2.24) is 0 Å². The van der Waals surface area contributed by atoms with Gasteiger partial charge in [-0.2, -0.15) is 0 Å². The average molecular weight is 305 g/mol. The molecular formula is C16H10Cl2O2. The van der Waals surface area contributed by atoms with Crippen LogP contribution in [-0.4, -0.2) is 5.78 Å². The van der Waals surface area contributed by atoms with Crippen molar-refractivity contribution in [2.24, 2.45) is 0 Å². The summed E-state index contributed by atoms with van der Waals surface area (Å²) in [5.74, 6) is 0.102. The average Bonchev–Trinajstić information content (AvgIpc) is 2.82. The monoisotopic (exact) mass is 304 g/mol. The summed E-state index contributed by atoms with van der Waals surface area (Å²) in [6, 6.07) is 12.4. The Labute approximate surface area is 125 Å². The number of furan rings is 1. The first-order chi connectivity index (χ1) is 9.56. The van der Waals surface area contributed by atoms with Gasteiger partial charge >= 0.3 is 0 Å². The minimum atomic E-state index is -0.161. The van der Waals surface area contributed by atoms with Gasteiger partial charge in [-0.15, -0.1) is 0 Å². The largest absolute Gasteiger partial charge is 0.451 e. The predicted molar refractivity (Wildman–Crippen MR) is 80.8 cm³/mol. The smallest absolute Gasteiger partial charge is 0.228 e. The van der Waals surface area contributed by atoms with Crippen LogP contribution in [0, 0.1) is 6.92 Å². The van der Waals surface area contributed by atoms with Crippen LogP contribution < -0.4 is 0 Å². The number of rotatable bonds is 2. The number of benzene rings is 2. The third-order valence-corrected chi connectivity index (χ3v) is 3.65. The van der Waals surface area contributed by atoms with E-state index in [1.807, 2.05) is 25.1 Å². The van der Waals surface area contributed by atoms with E-state index in [-0.39, 0.29) is 11.5 Å². The zero-order valence-electron chi connectivity index (χ0n) is 10.6. The van der Waals surface area contributed by atoms with Crippen molar-refractivity contribution in [2.75, 3.05) is 0 Å². The molecule has 0 saturated carbocycles. The number of hydrogen-bond acceptors (Lipinski definition) is 2. The number of fused-ring (bicyclic) bond motifs is 1. The second-order valence-corrected chi connectivity index (χ2v) is 5.40. The number of halogens is 2. The number of hydrogen-bond donors (Lipinski definition) is 0. The molecule has 0 atom stereocenters. The Morgan fingerprint density at radius 2 is 1.85 bits per heavy atom. The van der Waals surface area contributed by atoms with E-state index in [1.54, 1.807) is 24.3 Å². The van der Waals surface area contributed by atoms with Crippen LogP contribution in [0.3, 0.4) is 0 Å². The molecule has 2 aromatic carbocycles.